The lowest BCUT2D eigenvalue weighted by atomic mass is 10.2. The van der Waals surface area contributed by atoms with Crippen LogP contribution in [0.4, 0.5) is 0 Å². The number of carbonyl (C=O) groups is 1. The summed E-state index contributed by atoms with van der Waals surface area (Å²) in [7, 11) is 4.93. The van der Waals surface area contributed by atoms with Crippen molar-refractivity contribution in [1.29, 1.82) is 0 Å². The molecule has 0 atom stereocenters. The Morgan fingerprint density at radius 1 is 1.77 bits per heavy atom. The molecule has 1 aromatic rings. The SMILES string of the molecule is CNCc1cn(C)nc1C(=O)OC. The molecule has 0 aromatic carbocycles. The number of aromatic nitrogens is 2. The lowest BCUT2D eigenvalue weighted by molar-refractivity contribution is 0.0592. The van der Waals surface area contributed by atoms with Crippen LogP contribution in [0.1, 0.15) is 16.1 Å². The fourth-order valence-corrected chi connectivity index (χ4v) is 1.13. The number of nitrogens with zero attached hydrogens (tertiary/aromatic N) is 2. The van der Waals surface area contributed by atoms with Gasteiger partial charge in [0.05, 0.1) is 7.11 Å². The van der Waals surface area contributed by atoms with Gasteiger partial charge in [-0.25, -0.2) is 4.79 Å². The maximum absolute atomic E-state index is 11.2. The zero-order chi connectivity index (χ0) is 9.84. The molecule has 1 rings (SSSR count). The van der Waals surface area contributed by atoms with Gasteiger partial charge in [-0.3, -0.25) is 4.68 Å². The fraction of sp³-hybridized carbons (Fsp3) is 0.500. The summed E-state index contributed by atoms with van der Waals surface area (Å²) in [5.41, 5.74) is 1.22. The van der Waals surface area contributed by atoms with Gasteiger partial charge in [-0.05, 0) is 7.05 Å². The van der Waals surface area contributed by atoms with Crippen molar-refractivity contribution in [3.05, 3.63) is 17.5 Å². The summed E-state index contributed by atoms with van der Waals surface area (Å²) < 4.78 is 6.19. The molecule has 0 radical (unpaired) electrons. The van der Waals surface area contributed by atoms with Crippen LogP contribution in [-0.2, 0) is 18.3 Å². The first-order valence-electron chi connectivity index (χ1n) is 3.94. The number of methoxy groups -OCH3 is 1. The van der Waals surface area contributed by atoms with Crippen molar-refractivity contribution in [3.8, 4) is 0 Å². The van der Waals surface area contributed by atoms with Crippen LogP contribution in [0.3, 0.4) is 0 Å². The van der Waals surface area contributed by atoms with E-state index in [0.717, 1.165) is 5.56 Å². The fourth-order valence-electron chi connectivity index (χ4n) is 1.13. The van der Waals surface area contributed by atoms with Crippen molar-refractivity contribution in [1.82, 2.24) is 15.1 Å². The summed E-state index contributed by atoms with van der Waals surface area (Å²) in [5.74, 6) is -0.397. The minimum absolute atomic E-state index is 0.374. The van der Waals surface area contributed by atoms with Crippen molar-refractivity contribution in [2.24, 2.45) is 7.05 Å². The molecule has 0 aliphatic heterocycles. The van der Waals surface area contributed by atoms with Gasteiger partial charge in [0.25, 0.3) is 0 Å². The molecular weight excluding hydrogens is 170 g/mol. The van der Waals surface area contributed by atoms with Gasteiger partial charge in [-0.1, -0.05) is 0 Å². The first-order chi connectivity index (χ1) is 6.19. The second-order valence-corrected chi connectivity index (χ2v) is 2.70. The minimum Gasteiger partial charge on any atom is -0.464 e. The van der Waals surface area contributed by atoms with E-state index in [2.05, 4.69) is 15.2 Å². The normalized spacial score (nSPS) is 10.1. The van der Waals surface area contributed by atoms with Gasteiger partial charge in [-0.2, -0.15) is 5.10 Å². The first kappa shape index (κ1) is 9.73. The Morgan fingerprint density at radius 3 is 3.00 bits per heavy atom. The Morgan fingerprint density at radius 2 is 2.46 bits per heavy atom. The van der Waals surface area contributed by atoms with Crippen molar-refractivity contribution in [2.45, 2.75) is 6.54 Å². The highest BCUT2D eigenvalue weighted by Gasteiger charge is 2.15. The molecule has 5 heteroatoms. The summed E-state index contributed by atoms with van der Waals surface area (Å²) in [5, 5.41) is 6.96. The molecule has 0 saturated carbocycles. The average Bonchev–Trinajstić information content (AvgIpc) is 2.46. The van der Waals surface area contributed by atoms with Crippen LogP contribution in [0.2, 0.25) is 0 Å². The maximum atomic E-state index is 11.2. The second kappa shape index (κ2) is 4.04. The lowest BCUT2D eigenvalue weighted by Crippen LogP contribution is -2.11. The van der Waals surface area contributed by atoms with Gasteiger partial charge >= 0.3 is 5.97 Å². The van der Waals surface area contributed by atoms with Gasteiger partial charge < -0.3 is 10.1 Å². The molecule has 1 aromatic heterocycles. The molecule has 0 aliphatic rings. The summed E-state index contributed by atoms with van der Waals surface area (Å²) in [6, 6.07) is 0. The van der Waals surface area contributed by atoms with E-state index in [-0.39, 0.29) is 0 Å². The Hall–Kier alpha value is -1.36. The number of esters is 1. The number of hydrogen-bond acceptors (Lipinski definition) is 4. The molecular formula is C8H13N3O2. The molecule has 1 N–H and O–H groups in total. The van der Waals surface area contributed by atoms with Gasteiger partial charge in [0.2, 0.25) is 0 Å². The number of carbonyl (C=O) groups excluding carboxylic acids is 1. The van der Waals surface area contributed by atoms with E-state index in [1.54, 1.807) is 17.9 Å². The van der Waals surface area contributed by atoms with E-state index >= 15 is 0 Å². The maximum Gasteiger partial charge on any atom is 0.358 e. The molecule has 0 bridgehead atoms. The number of rotatable bonds is 3. The standard InChI is InChI=1S/C8H13N3O2/c1-9-4-6-5-11(2)10-7(6)8(12)13-3/h5,9H,4H2,1-3H3. The number of ether oxygens (including phenoxy) is 1. The molecule has 0 amide bonds. The van der Waals surface area contributed by atoms with Crippen molar-refractivity contribution in [2.75, 3.05) is 14.2 Å². The first-order valence-corrected chi connectivity index (χ1v) is 3.94. The van der Waals surface area contributed by atoms with E-state index in [1.807, 2.05) is 7.05 Å². The largest absolute Gasteiger partial charge is 0.464 e. The molecule has 0 unspecified atom stereocenters. The van der Waals surface area contributed by atoms with Crippen LogP contribution in [0, 0.1) is 0 Å². The zero-order valence-corrected chi connectivity index (χ0v) is 8.00. The van der Waals surface area contributed by atoms with Crippen LogP contribution in [0.15, 0.2) is 6.20 Å². The molecule has 0 spiro atoms. The molecule has 1 heterocycles. The summed E-state index contributed by atoms with van der Waals surface area (Å²) in [6.45, 7) is 0.609. The summed E-state index contributed by atoms with van der Waals surface area (Å²) in [4.78, 5) is 11.2. The highest BCUT2D eigenvalue weighted by molar-refractivity contribution is 5.88. The van der Waals surface area contributed by atoms with E-state index in [4.69, 9.17) is 0 Å². The monoisotopic (exact) mass is 183 g/mol. The van der Waals surface area contributed by atoms with E-state index in [0.29, 0.717) is 12.2 Å². The van der Waals surface area contributed by atoms with Crippen LogP contribution in [0.25, 0.3) is 0 Å². The average molecular weight is 183 g/mol. The van der Waals surface area contributed by atoms with E-state index in [9.17, 15) is 4.79 Å². The Balaban J connectivity index is 2.96. The summed E-state index contributed by atoms with van der Waals surface area (Å²) >= 11 is 0. The Kier molecular flexibility index (Phi) is 3.02. The molecule has 13 heavy (non-hydrogen) atoms. The second-order valence-electron chi connectivity index (χ2n) is 2.70. The molecule has 0 fully saturated rings. The van der Waals surface area contributed by atoms with Crippen molar-refractivity contribution < 1.29 is 9.53 Å². The highest BCUT2D eigenvalue weighted by atomic mass is 16.5. The van der Waals surface area contributed by atoms with Crippen molar-refractivity contribution in [3.63, 3.8) is 0 Å². The van der Waals surface area contributed by atoms with Crippen LogP contribution in [0.5, 0.6) is 0 Å². The zero-order valence-electron chi connectivity index (χ0n) is 8.00. The summed E-state index contributed by atoms with van der Waals surface area (Å²) in [6.07, 6.45) is 1.79. The number of hydrogen-bond donors (Lipinski definition) is 1. The molecule has 0 aliphatic carbocycles. The topological polar surface area (TPSA) is 56.2 Å². The van der Waals surface area contributed by atoms with E-state index < -0.39 is 5.97 Å². The predicted molar refractivity (Wildman–Crippen MR) is 47.3 cm³/mol. The van der Waals surface area contributed by atoms with Gasteiger partial charge in [0, 0.05) is 25.4 Å². The third-order valence-corrected chi connectivity index (χ3v) is 1.65. The van der Waals surface area contributed by atoms with Gasteiger partial charge in [-0.15, -0.1) is 0 Å². The Bertz CT molecular complexity index is 306. The molecule has 0 saturated heterocycles. The number of aryl methyl sites for hydroxylation is 1. The van der Waals surface area contributed by atoms with Gasteiger partial charge in [0.1, 0.15) is 0 Å². The minimum atomic E-state index is -0.397. The quantitative estimate of drug-likeness (QED) is 0.666. The van der Waals surface area contributed by atoms with Crippen LogP contribution in [-0.4, -0.2) is 29.9 Å². The third-order valence-electron chi connectivity index (χ3n) is 1.65. The van der Waals surface area contributed by atoms with Gasteiger partial charge in [0.15, 0.2) is 5.69 Å². The molecule has 72 valence electrons. The Labute approximate surface area is 76.7 Å². The van der Waals surface area contributed by atoms with Crippen LogP contribution < -0.4 is 5.32 Å². The third kappa shape index (κ3) is 2.06. The number of nitrogens with one attached hydrogen (secondary N) is 1. The van der Waals surface area contributed by atoms with Crippen LogP contribution >= 0.6 is 0 Å². The lowest BCUT2D eigenvalue weighted by Gasteiger charge is -1.98. The predicted octanol–water partition coefficient (Wildman–Crippen LogP) is -0.0739. The smallest absolute Gasteiger partial charge is 0.358 e. The van der Waals surface area contributed by atoms with E-state index in [1.165, 1.54) is 7.11 Å². The highest BCUT2D eigenvalue weighted by Crippen LogP contribution is 2.06. The van der Waals surface area contributed by atoms with Crippen molar-refractivity contribution >= 4 is 5.97 Å². The molecule has 5 nitrogen and oxygen atoms in total.